The van der Waals surface area contributed by atoms with E-state index in [0.717, 1.165) is 16.5 Å². The Labute approximate surface area is 143 Å². The van der Waals surface area contributed by atoms with Gasteiger partial charge in [-0.3, -0.25) is 4.79 Å². The number of benzene rings is 1. The molecule has 5 nitrogen and oxygen atoms in total. The number of rotatable bonds is 5. The second-order valence-electron chi connectivity index (χ2n) is 5.71. The molecule has 2 N–H and O–H groups in total. The fourth-order valence-corrected chi connectivity index (χ4v) is 3.30. The first kappa shape index (κ1) is 14.8. The van der Waals surface area contributed by atoms with Crippen LogP contribution >= 0.6 is 11.3 Å². The Hall–Kier alpha value is -2.73. The van der Waals surface area contributed by atoms with Gasteiger partial charge in [0.15, 0.2) is 0 Å². The van der Waals surface area contributed by atoms with Crippen molar-refractivity contribution in [1.82, 2.24) is 9.97 Å². The summed E-state index contributed by atoms with van der Waals surface area (Å²) in [5.41, 5.74) is 1.64. The van der Waals surface area contributed by atoms with Crippen molar-refractivity contribution in [2.75, 3.05) is 10.6 Å². The molecule has 1 amide bonds. The third-order valence-corrected chi connectivity index (χ3v) is 4.90. The normalized spacial score (nSPS) is 13.5. The lowest BCUT2D eigenvalue weighted by molar-refractivity contribution is 0.103. The molecule has 0 spiro atoms. The number of nitrogens with zero attached hydrogens (tertiary/aromatic N) is 2. The second kappa shape index (κ2) is 6.41. The number of amides is 1. The molecule has 2 heterocycles. The van der Waals surface area contributed by atoms with Gasteiger partial charge in [-0.05, 0) is 37.1 Å². The number of pyridine rings is 1. The van der Waals surface area contributed by atoms with Gasteiger partial charge in [0.2, 0.25) is 0 Å². The van der Waals surface area contributed by atoms with E-state index in [4.69, 9.17) is 0 Å². The number of anilines is 3. The molecule has 0 aliphatic heterocycles. The Kier molecular flexibility index (Phi) is 3.96. The summed E-state index contributed by atoms with van der Waals surface area (Å²) in [6, 6.07) is 13.5. The standard InChI is InChI=1S/C18H16N4OS/c23-17(15-11-20-18(24-15)12-6-7-12)22-14-8-9-16(19-10-14)21-13-4-2-1-3-5-13/h1-5,8-12H,6-7H2,(H,19,21)(H,22,23). The van der Waals surface area contributed by atoms with Gasteiger partial charge in [-0.15, -0.1) is 11.3 Å². The maximum absolute atomic E-state index is 12.3. The summed E-state index contributed by atoms with van der Waals surface area (Å²) in [5.74, 6) is 1.17. The molecule has 3 aromatic rings. The summed E-state index contributed by atoms with van der Waals surface area (Å²) >= 11 is 1.48. The van der Waals surface area contributed by atoms with Crippen molar-refractivity contribution in [3.8, 4) is 0 Å². The molecular weight excluding hydrogens is 320 g/mol. The largest absolute Gasteiger partial charge is 0.340 e. The van der Waals surface area contributed by atoms with Crippen LogP contribution in [0.2, 0.25) is 0 Å². The van der Waals surface area contributed by atoms with Crippen molar-refractivity contribution >= 4 is 34.4 Å². The zero-order valence-corrected chi connectivity index (χ0v) is 13.7. The minimum Gasteiger partial charge on any atom is -0.340 e. The van der Waals surface area contributed by atoms with Crippen molar-refractivity contribution in [3.63, 3.8) is 0 Å². The molecule has 0 saturated heterocycles. The van der Waals surface area contributed by atoms with Crippen LogP contribution < -0.4 is 10.6 Å². The Bertz CT molecular complexity index is 841. The summed E-state index contributed by atoms with van der Waals surface area (Å²) in [7, 11) is 0. The molecule has 1 fully saturated rings. The van der Waals surface area contributed by atoms with Gasteiger partial charge in [0.25, 0.3) is 5.91 Å². The highest BCUT2D eigenvalue weighted by molar-refractivity contribution is 7.13. The lowest BCUT2D eigenvalue weighted by atomic mass is 10.3. The number of thiazole rings is 1. The molecule has 1 saturated carbocycles. The molecule has 1 aromatic carbocycles. The van der Waals surface area contributed by atoms with Crippen molar-refractivity contribution in [2.24, 2.45) is 0 Å². The predicted molar refractivity (Wildman–Crippen MR) is 96.0 cm³/mol. The Balaban J connectivity index is 1.40. The summed E-state index contributed by atoms with van der Waals surface area (Å²) in [6.07, 6.45) is 5.68. The monoisotopic (exact) mass is 336 g/mol. The first-order valence-corrected chi connectivity index (χ1v) is 8.65. The first-order chi connectivity index (χ1) is 11.8. The number of hydrogen-bond acceptors (Lipinski definition) is 5. The van der Waals surface area contributed by atoms with Gasteiger partial charge < -0.3 is 10.6 Å². The number of aromatic nitrogens is 2. The molecule has 6 heteroatoms. The average Bonchev–Trinajstić information content (AvgIpc) is 3.34. The molecule has 24 heavy (non-hydrogen) atoms. The summed E-state index contributed by atoms with van der Waals surface area (Å²) in [6.45, 7) is 0. The van der Waals surface area contributed by atoms with E-state index in [9.17, 15) is 4.79 Å². The van der Waals surface area contributed by atoms with Gasteiger partial charge in [-0.2, -0.15) is 0 Å². The van der Waals surface area contributed by atoms with Crippen LogP contribution in [-0.4, -0.2) is 15.9 Å². The number of carbonyl (C=O) groups excluding carboxylic acids is 1. The summed E-state index contributed by atoms with van der Waals surface area (Å²) in [4.78, 5) is 21.6. The third kappa shape index (κ3) is 3.44. The van der Waals surface area contributed by atoms with Crippen LogP contribution in [0.4, 0.5) is 17.2 Å². The van der Waals surface area contributed by atoms with Gasteiger partial charge in [-0.25, -0.2) is 9.97 Å². The SMILES string of the molecule is O=C(Nc1ccc(Nc2ccccc2)nc1)c1cnc(C2CC2)s1. The van der Waals surface area contributed by atoms with Crippen molar-refractivity contribution in [2.45, 2.75) is 18.8 Å². The highest BCUT2D eigenvalue weighted by Gasteiger charge is 2.27. The molecule has 0 bridgehead atoms. The molecule has 0 radical (unpaired) electrons. The Morgan fingerprint density at radius 3 is 2.54 bits per heavy atom. The Morgan fingerprint density at radius 2 is 1.83 bits per heavy atom. The highest BCUT2D eigenvalue weighted by Crippen LogP contribution is 2.41. The lowest BCUT2D eigenvalue weighted by Crippen LogP contribution is -2.10. The first-order valence-electron chi connectivity index (χ1n) is 7.83. The maximum Gasteiger partial charge on any atom is 0.267 e. The van der Waals surface area contributed by atoms with Crippen LogP contribution in [0.5, 0.6) is 0 Å². The van der Waals surface area contributed by atoms with Crippen LogP contribution in [0.15, 0.2) is 54.9 Å². The molecular formula is C18H16N4OS. The smallest absolute Gasteiger partial charge is 0.267 e. The minimum atomic E-state index is -0.134. The van der Waals surface area contributed by atoms with Crippen LogP contribution in [-0.2, 0) is 0 Å². The van der Waals surface area contributed by atoms with Gasteiger partial charge in [0.05, 0.1) is 23.1 Å². The zero-order valence-electron chi connectivity index (χ0n) is 12.9. The fraction of sp³-hybridized carbons (Fsp3) is 0.167. The van der Waals surface area contributed by atoms with Crippen molar-refractivity contribution < 1.29 is 4.79 Å². The van der Waals surface area contributed by atoms with E-state index in [0.29, 0.717) is 16.5 Å². The fourth-order valence-electron chi connectivity index (χ4n) is 2.32. The topological polar surface area (TPSA) is 66.9 Å². The van der Waals surface area contributed by atoms with Gasteiger partial charge in [-0.1, -0.05) is 18.2 Å². The minimum absolute atomic E-state index is 0.134. The summed E-state index contributed by atoms with van der Waals surface area (Å²) in [5, 5.41) is 7.14. The van der Waals surface area contributed by atoms with E-state index in [-0.39, 0.29) is 5.91 Å². The molecule has 0 atom stereocenters. The molecule has 120 valence electrons. The predicted octanol–water partition coefficient (Wildman–Crippen LogP) is 4.41. The van der Waals surface area contributed by atoms with Crippen LogP contribution in [0.25, 0.3) is 0 Å². The van der Waals surface area contributed by atoms with E-state index in [2.05, 4.69) is 20.6 Å². The number of hydrogen-bond donors (Lipinski definition) is 2. The van der Waals surface area contributed by atoms with E-state index in [1.165, 1.54) is 24.2 Å². The lowest BCUT2D eigenvalue weighted by Gasteiger charge is -2.07. The van der Waals surface area contributed by atoms with Crippen molar-refractivity contribution in [1.29, 1.82) is 0 Å². The van der Waals surface area contributed by atoms with Crippen molar-refractivity contribution in [3.05, 3.63) is 64.7 Å². The third-order valence-electron chi connectivity index (χ3n) is 3.74. The highest BCUT2D eigenvalue weighted by atomic mass is 32.1. The maximum atomic E-state index is 12.3. The van der Waals surface area contributed by atoms with Gasteiger partial charge >= 0.3 is 0 Å². The van der Waals surface area contributed by atoms with E-state index in [1.54, 1.807) is 12.4 Å². The van der Waals surface area contributed by atoms with Crippen LogP contribution in [0, 0.1) is 0 Å². The average molecular weight is 336 g/mol. The van der Waals surface area contributed by atoms with E-state index in [1.807, 2.05) is 42.5 Å². The summed E-state index contributed by atoms with van der Waals surface area (Å²) < 4.78 is 0. The Morgan fingerprint density at radius 1 is 1.00 bits per heavy atom. The molecule has 0 unspecified atom stereocenters. The number of para-hydroxylation sites is 1. The molecule has 4 rings (SSSR count). The van der Waals surface area contributed by atoms with Gasteiger partial charge in [0, 0.05) is 11.6 Å². The van der Waals surface area contributed by atoms with E-state index >= 15 is 0 Å². The second-order valence-corrected chi connectivity index (χ2v) is 6.78. The molecule has 1 aliphatic carbocycles. The quantitative estimate of drug-likeness (QED) is 0.724. The molecule has 1 aliphatic rings. The number of nitrogens with one attached hydrogen (secondary N) is 2. The molecule has 2 aromatic heterocycles. The zero-order chi connectivity index (χ0) is 16.4. The van der Waals surface area contributed by atoms with E-state index < -0.39 is 0 Å². The van der Waals surface area contributed by atoms with Gasteiger partial charge in [0.1, 0.15) is 10.7 Å². The van der Waals surface area contributed by atoms with Crippen LogP contribution in [0.1, 0.15) is 33.4 Å². The van der Waals surface area contributed by atoms with Crippen LogP contribution in [0.3, 0.4) is 0 Å². The number of carbonyl (C=O) groups is 1.